The van der Waals surface area contributed by atoms with Crippen LogP contribution in [-0.4, -0.2) is 41.4 Å². The van der Waals surface area contributed by atoms with E-state index in [0.29, 0.717) is 5.92 Å². The Balaban J connectivity index is 1.86. The highest BCUT2D eigenvalue weighted by molar-refractivity contribution is 8.14. The topological polar surface area (TPSA) is 58.7 Å². The first kappa shape index (κ1) is 9.83. The molecule has 0 saturated carbocycles. The SMILES string of the molecule is NC(=O)N1CCC(C2=NCCS2)CC1. The second-order valence-electron chi connectivity index (χ2n) is 3.67. The van der Waals surface area contributed by atoms with Crippen molar-refractivity contribution in [3.8, 4) is 0 Å². The van der Waals surface area contributed by atoms with E-state index in [0.717, 1.165) is 38.2 Å². The van der Waals surface area contributed by atoms with Crippen molar-refractivity contribution in [2.24, 2.45) is 16.6 Å². The summed E-state index contributed by atoms with van der Waals surface area (Å²) in [6, 6.07) is -0.288. The van der Waals surface area contributed by atoms with Crippen molar-refractivity contribution in [2.75, 3.05) is 25.4 Å². The maximum Gasteiger partial charge on any atom is 0.314 e. The summed E-state index contributed by atoms with van der Waals surface area (Å²) in [5, 5.41) is 1.30. The van der Waals surface area contributed by atoms with Gasteiger partial charge in [0.2, 0.25) is 0 Å². The van der Waals surface area contributed by atoms with E-state index in [1.165, 1.54) is 5.04 Å². The Kier molecular flexibility index (Phi) is 2.96. The minimum Gasteiger partial charge on any atom is -0.351 e. The molecule has 0 atom stereocenters. The number of piperidine rings is 1. The lowest BCUT2D eigenvalue weighted by Crippen LogP contribution is -2.42. The average molecular weight is 213 g/mol. The van der Waals surface area contributed by atoms with E-state index in [1.54, 1.807) is 4.90 Å². The minimum absolute atomic E-state index is 0.288. The zero-order valence-corrected chi connectivity index (χ0v) is 8.92. The highest BCUT2D eigenvalue weighted by atomic mass is 32.2. The number of hydrogen-bond acceptors (Lipinski definition) is 3. The molecule has 4 nitrogen and oxygen atoms in total. The maximum absolute atomic E-state index is 10.9. The van der Waals surface area contributed by atoms with Crippen LogP contribution in [-0.2, 0) is 0 Å². The van der Waals surface area contributed by atoms with Gasteiger partial charge in [0, 0.05) is 31.3 Å². The number of nitrogens with zero attached hydrogens (tertiary/aromatic N) is 2. The molecule has 0 spiro atoms. The van der Waals surface area contributed by atoms with E-state index in [-0.39, 0.29) is 6.03 Å². The van der Waals surface area contributed by atoms with Crippen LogP contribution in [0.3, 0.4) is 0 Å². The number of rotatable bonds is 1. The Labute approximate surface area is 87.9 Å². The highest BCUT2D eigenvalue weighted by Gasteiger charge is 2.26. The van der Waals surface area contributed by atoms with Crippen LogP contribution in [0, 0.1) is 5.92 Å². The third-order valence-corrected chi connectivity index (χ3v) is 3.91. The van der Waals surface area contributed by atoms with Crippen molar-refractivity contribution in [3.05, 3.63) is 0 Å². The van der Waals surface area contributed by atoms with Gasteiger partial charge in [-0.3, -0.25) is 4.99 Å². The summed E-state index contributed by atoms with van der Waals surface area (Å²) in [6.45, 7) is 2.55. The van der Waals surface area contributed by atoms with Gasteiger partial charge in [0.25, 0.3) is 0 Å². The number of thioether (sulfide) groups is 1. The standard InChI is InChI=1S/C9H15N3OS/c10-9(13)12-4-1-7(2-5-12)8-11-3-6-14-8/h7H,1-6H2,(H2,10,13). The van der Waals surface area contributed by atoms with E-state index in [1.807, 2.05) is 11.8 Å². The zero-order valence-electron chi connectivity index (χ0n) is 8.11. The van der Waals surface area contributed by atoms with Crippen LogP contribution in [0.25, 0.3) is 0 Å². The highest BCUT2D eigenvalue weighted by Crippen LogP contribution is 2.27. The summed E-state index contributed by atoms with van der Waals surface area (Å²) in [4.78, 5) is 17.1. The van der Waals surface area contributed by atoms with Crippen molar-refractivity contribution < 1.29 is 4.79 Å². The predicted molar refractivity (Wildman–Crippen MR) is 58.6 cm³/mol. The lowest BCUT2D eigenvalue weighted by atomic mass is 9.98. The van der Waals surface area contributed by atoms with Crippen LogP contribution < -0.4 is 5.73 Å². The third kappa shape index (κ3) is 2.03. The molecule has 0 aliphatic carbocycles. The molecule has 2 aliphatic rings. The molecule has 0 aromatic rings. The summed E-state index contributed by atoms with van der Waals surface area (Å²) in [6.07, 6.45) is 2.05. The Morgan fingerprint density at radius 2 is 2.21 bits per heavy atom. The first-order valence-corrected chi connectivity index (χ1v) is 5.97. The molecule has 2 N–H and O–H groups in total. The monoisotopic (exact) mass is 213 g/mol. The van der Waals surface area contributed by atoms with Crippen molar-refractivity contribution in [2.45, 2.75) is 12.8 Å². The molecular formula is C9H15N3OS. The molecule has 0 bridgehead atoms. The molecular weight excluding hydrogens is 198 g/mol. The third-order valence-electron chi connectivity index (χ3n) is 2.76. The number of hydrogen-bond donors (Lipinski definition) is 1. The van der Waals surface area contributed by atoms with E-state index in [2.05, 4.69) is 4.99 Å². The van der Waals surface area contributed by atoms with Crippen molar-refractivity contribution in [3.63, 3.8) is 0 Å². The number of urea groups is 1. The Morgan fingerprint density at radius 1 is 1.50 bits per heavy atom. The first-order chi connectivity index (χ1) is 6.77. The van der Waals surface area contributed by atoms with Crippen LogP contribution in [0.4, 0.5) is 4.79 Å². The number of carbonyl (C=O) groups excluding carboxylic acids is 1. The van der Waals surface area contributed by atoms with E-state index in [4.69, 9.17) is 5.73 Å². The van der Waals surface area contributed by atoms with E-state index < -0.39 is 0 Å². The van der Waals surface area contributed by atoms with Gasteiger partial charge in [-0.1, -0.05) is 0 Å². The van der Waals surface area contributed by atoms with Crippen LogP contribution >= 0.6 is 11.8 Å². The molecule has 2 aliphatic heterocycles. The molecule has 5 heteroatoms. The van der Waals surface area contributed by atoms with Crippen molar-refractivity contribution >= 4 is 22.8 Å². The molecule has 0 aromatic heterocycles. The Hall–Kier alpha value is -0.710. The molecule has 0 radical (unpaired) electrons. The van der Waals surface area contributed by atoms with Gasteiger partial charge in [0.1, 0.15) is 0 Å². The second kappa shape index (κ2) is 4.21. The van der Waals surface area contributed by atoms with Gasteiger partial charge in [0.05, 0.1) is 5.04 Å². The van der Waals surface area contributed by atoms with E-state index in [9.17, 15) is 4.79 Å². The lowest BCUT2D eigenvalue weighted by Gasteiger charge is -2.30. The fraction of sp³-hybridized carbons (Fsp3) is 0.778. The van der Waals surface area contributed by atoms with Crippen LogP contribution in [0.15, 0.2) is 4.99 Å². The number of likely N-dealkylation sites (tertiary alicyclic amines) is 1. The summed E-state index contributed by atoms with van der Waals surface area (Å²) < 4.78 is 0. The minimum atomic E-state index is -0.288. The largest absolute Gasteiger partial charge is 0.351 e. The van der Waals surface area contributed by atoms with E-state index >= 15 is 0 Å². The molecule has 1 fully saturated rings. The normalized spacial score (nSPS) is 23.7. The molecule has 0 unspecified atom stereocenters. The summed E-state index contributed by atoms with van der Waals surface area (Å²) in [7, 11) is 0. The second-order valence-corrected chi connectivity index (χ2v) is 4.78. The quantitative estimate of drug-likeness (QED) is 0.704. The molecule has 2 heterocycles. The average Bonchev–Trinajstić information content (AvgIpc) is 2.71. The van der Waals surface area contributed by atoms with Crippen LogP contribution in [0.5, 0.6) is 0 Å². The van der Waals surface area contributed by atoms with Crippen molar-refractivity contribution in [1.29, 1.82) is 0 Å². The maximum atomic E-state index is 10.9. The molecule has 2 rings (SSSR count). The summed E-state index contributed by atoms with van der Waals surface area (Å²) >= 11 is 1.87. The predicted octanol–water partition coefficient (Wildman–Crippen LogP) is 0.922. The van der Waals surface area contributed by atoms with Gasteiger partial charge in [-0.05, 0) is 12.8 Å². The zero-order chi connectivity index (χ0) is 9.97. The number of carbonyl (C=O) groups is 1. The van der Waals surface area contributed by atoms with Gasteiger partial charge in [0.15, 0.2) is 0 Å². The van der Waals surface area contributed by atoms with Gasteiger partial charge in [-0.2, -0.15) is 0 Å². The number of amides is 2. The fourth-order valence-corrected chi connectivity index (χ4v) is 2.99. The van der Waals surface area contributed by atoms with Gasteiger partial charge in [-0.25, -0.2) is 4.79 Å². The molecule has 2 amide bonds. The van der Waals surface area contributed by atoms with Crippen molar-refractivity contribution in [1.82, 2.24) is 4.90 Å². The molecule has 78 valence electrons. The van der Waals surface area contributed by atoms with Gasteiger partial charge >= 0.3 is 6.03 Å². The molecule has 14 heavy (non-hydrogen) atoms. The van der Waals surface area contributed by atoms with Crippen LogP contribution in [0.1, 0.15) is 12.8 Å². The fourth-order valence-electron chi connectivity index (χ4n) is 1.95. The Morgan fingerprint density at radius 3 is 2.71 bits per heavy atom. The molecule has 0 aromatic carbocycles. The number of nitrogens with two attached hydrogens (primary N) is 1. The lowest BCUT2D eigenvalue weighted by molar-refractivity contribution is 0.190. The number of primary amides is 1. The smallest absolute Gasteiger partial charge is 0.314 e. The Bertz CT molecular complexity index is 259. The van der Waals surface area contributed by atoms with Crippen LogP contribution in [0.2, 0.25) is 0 Å². The summed E-state index contributed by atoms with van der Waals surface area (Å²) in [5.74, 6) is 1.71. The van der Waals surface area contributed by atoms with Gasteiger partial charge < -0.3 is 10.6 Å². The first-order valence-electron chi connectivity index (χ1n) is 4.99. The number of aliphatic imine (C=N–C) groups is 1. The summed E-state index contributed by atoms with van der Waals surface area (Å²) in [5.41, 5.74) is 5.22. The molecule has 1 saturated heterocycles. The van der Waals surface area contributed by atoms with Gasteiger partial charge in [-0.15, -0.1) is 11.8 Å².